The van der Waals surface area contributed by atoms with Crippen molar-refractivity contribution in [1.29, 1.82) is 0 Å². The number of benzene rings is 1. The lowest BCUT2D eigenvalue weighted by Crippen LogP contribution is -2.30. The molecule has 2 rings (SSSR count). The minimum Gasteiger partial charge on any atom is -0.317 e. The molecule has 1 fully saturated rings. The summed E-state index contributed by atoms with van der Waals surface area (Å²) in [5.41, 5.74) is -1.50. The van der Waals surface area contributed by atoms with Gasteiger partial charge in [0.15, 0.2) is 0 Å². The van der Waals surface area contributed by atoms with Gasteiger partial charge in [0.05, 0.1) is 5.56 Å². The van der Waals surface area contributed by atoms with Crippen LogP contribution in [0.5, 0.6) is 0 Å². The van der Waals surface area contributed by atoms with E-state index in [4.69, 9.17) is 0 Å². The van der Waals surface area contributed by atoms with E-state index in [1.807, 2.05) is 0 Å². The lowest BCUT2D eigenvalue weighted by atomic mass is 9.88. The Morgan fingerprint density at radius 1 is 1.16 bits per heavy atom. The van der Waals surface area contributed by atoms with Crippen LogP contribution >= 0.6 is 0 Å². The minimum atomic E-state index is -4.80. The number of halogens is 5. The number of alkyl halides is 4. The van der Waals surface area contributed by atoms with Crippen LogP contribution in [0.25, 0.3) is 0 Å². The quantitative estimate of drug-likeness (QED) is 0.811. The van der Waals surface area contributed by atoms with Gasteiger partial charge < -0.3 is 5.32 Å². The van der Waals surface area contributed by atoms with E-state index in [0.717, 1.165) is 6.07 Å². The first-order chi connectivity index (χ1) is 8.89. The van der Waals surface area contributed by atoms with Crippen molar-refractivity contribution in [3.8, 4) is 0 Å². The lowest BCUT2D eigenvalue weighted by molar-refractivity contribution is -0.140. The summed E-state index contributed by atoms with van der Waals surface area (Å²) in [4.78, 5) is 0. The zero-order chi connectivity index (χ0) is 14.0. The summed E-state index contributed by atoms with van der Waals surface area (Å²) in [6.07, 6.45) is -5.14. The molecule has 0 radical (unpaired) electrons. The molecule has 0 amide bonds. The largest absolute Gasteiger partial charge is 0.419 e. The van der Waals surface area contributed by atoms with Crippen LogP contribution in [0.1, 0.15) is 30.1 Å². The van der Waals surface area contributed by atoms with E-state index < -0.39 is 23.7 Å². The maximum Gasteiger partial charge on any atom is 0.419 e. The van der Waals surface area contributed by atoms with Crippen LogP contribution in [0.3, 0.4) is 0 Å². The average molecular weight is 279 g/mol. The molecule has 1 unspecified atom stereocenters. The van der Waals surface area contributed by atoms with Gasteiger partial charge in [0.25, 0.3) is 0 Å². The van der Waals surface area contributed by atoms with Crippen LogP contribution in [-0.2, 0) is 6.18 Å². The zero-order valence-corrected chi connectivity index (χ0v) is 10.1. The van der Waals surface area contributed by atoms with Crippen molar-refractivity contribution in [1.82, 2.24) is 5.32 Å². The molecule has 0 aliphatic carbocycles. The smallest absolute Gasteiger partial charge is 0.317 e. The van der Waals surface area contributed by atoms with Gasteiger partial charge in [0.1, 0.15) is 12.0 Å². The third-order valence-corrected chi connectivity index (χ3v) is 3.41. The van der Waals surface area contributed by atoms with Crippen LogP contribution in [0, 0.1) is 11.7 Å². The molecule has 1 aliphatic rings. The van der Waals surface area contributed by atoms with Crippen molar-refractivity contribution in [2.45, 2.75) is 25.2 Å². The van der Waals surface area contributed by atoms with Gasteiger partial charge in [-0.1, -0.05) is 6.07 Å². The van der Waals surface area contributed by atoms with Crippen molar-refractivity contribution in [2.75, 3.05) is 13.1 Å². The minimum absolute atomic E-state index is 0.0966. The number of piperidine rings is 1. The second kappa shape index (κ2) is 5.45. The third kappa shape index (κ3) is 3.23. The van der Waals surface area contributed by atoms with E-state index >= 15 is 0 Å². The molecule has 0 saturated carbocycles. The maximum atomic E-state index is 14.2. The number of nitrogens with one attached hydrogen (secondary N) is 1. The molecule has 0 bridgehead atoms. The Hall–Kier alpha value is -1.17. The molecule has 1 aromatic rings. The molecule has 6 heteroatoms. The van der Waals surface area contributed by atoms with E-state index in [9.17, 15) is 22.0 Å². The molecular weight excluding hydrogens is 265 g/mol. The second-order valence-corrected chi connectivity index (χ2v) is 4.73. The number of rotatable bonds is 2. The van der Waals surface area contributed by atoms with Crippen molar-refractivity contribution in [3.63, 3.8) is 0 Å². The Morgan fingerprint density at radius 3 is 2.37 bits per heavy atom. The Bertz CT molecular complexity index is 437. The predicted octanol–water partition coefficient (Wildman–Crippen LogP) is 3.85. The summed E-state index contributed by atoms with van der Waals surface area (Å²) < 4.78 is 65.0. The van der Waals surface area contributed by atoms with Crippen LogP contribution in [0.4, 0.5) is 22.0 Å². The maximum absolute atomic E-state index is 14.2. The Balaban J connectivity index is 2.24. The first kappa shape index (κ1) is 14.2. The highest BCUT2D eigenvalue weighted by molar-refractivity contribution is 5.29. The van der Waals surface area contributed by atoms with Gasteiger partial charge in [-0.2, -0.15) is 13.2 Å². The van der Waals surface area contributed by atoms with E-state index in [1.54, 1.807) is 0 Å². The third-order valence-electron chi connectivity index (χ3n) is 3.41. The second-order valence-electron chi connectivity index (χ2n) is 4.73. The molecule has 1 nitrogen and oxygen atoms in total. The van der Waals surface area contributed by atoms with Crippen molar-refractivity contribution < 1.29 is 22.0 Å². The number of hydrogen-bond acceptors (Lipinski definition) is 1. The highest BCUT2D eigenvalue weighted by atomic mass is 19.4. The Labute approximate surface area is 107 Å². The van der Waals surface area contributed by atoms with Gasteiger partial charge >= 0.3 is 6.18 Å². The molecule has 0 spiro atoms. The molecule has 19 heavy (non-hydrogen) atoms. The van der Waals surface area contributed by atoms with Gasteiger partial charge in [0.2, 0.25) is 0 Å². The van der Waals surface area contributed by atoms with Crippen LogP contribution < -0.4 is 5.32 Å². The summed E-state index contributed by atoms with van der Waals surface area (Å²) >= 11 is 0. The standard InChI is InChI=1S/C13H14F5N/c14-11-2-1-9(7-10(11)13(16,17)18)12(15)8-3-5-19-6-4-8/h1-2,7-8,12,19H,3-6H2. The topological polar surface area (TPSA) is 12.0 Å². The van der Waals surface area contributed by atoms with Gasteiger partial charge in [-0.25, -0.2) is 8.78 Å². The fourth-order valence-electron chi connectivity index (χ4n) is 2.34. The highest BCUT2D eigenvalue weighted by Crippen LogP contribution is 2.37. The molecule has 1 aliphatic heterocycles. The molecule has 106 valence electrons. The molecule has 1 saturated heterocycles. The van der Waals surface area contributed by atoms with Crippen LogP contribution in [0.2, 0.25) is 0 Å². The van der Waals surface area contributed by atoms with Crippen molar-refractivity contribution in [2.24, 2.45) is 5.92 Å². The molecular formula is C13H14F5N. The van der Waals surface area contributed by atoms with E-state index in [-0.39, 0.29) is 11.5 Å². The van der Waals surface area contributed by atoms with Crippen LogP contribution in [0.15, 0.2) is 18.2 Å². The summed E-state index contributed by atoms with van der Waals surface area (Å²) in [7, 11) is 0. The van der Waals surface area contributed by atoms with E-state index in [1.165, 1.54) is 0 Å². The average Bonchev–Trinajstić information content (AvgIpc) is 2.38. The van der Waals surface area contributed by atoms with Gasteiger partial charge in [-0.3, -0.25) is 0 Å². The summed E-state index contributed by atoms with van der Waals surface area (Å²) in [5.74, 6) is -1.68. The van der Waals surface area contributed by atoms with E-state index in [0.29, 0.717) is 38.1 Å². The number of hydrogen-bond donors (Lipinski definition) is 1. The Kier molecular flexibility index (Phi) is 4.08. The van der Waals surface area contributed by atoms with Crippen molar-refractivity contribution in [3.05, 3.63) is 35.1 Å². The first-order valence-electron chi connectivity index (χ1n) is 6.11. The molecule has 1 heterocycles. The predicted molar refractivity (Wildman–Crippen MR) is 60.8 cm³/mol. The van der Waals surface area contributed by atoms with Gasteiger partial charge in [0, 0.05) is 0 Å². The molecule has 1 aromatic carbocycles. The lowest BCUT2D eigenvalue weighted by Gasteiger charge is -2.26. The van der Waals surface area contributed by atoms with Crippen LogP contribution in [-0.4, -0.2) is 13.1 Å². The van der Waals surface area contributed by atoms with Gasteiger partial charge in [-0.05, 0) is 49.5 Å². The highest BCUT2D eigenvalue weighted by Gasteiger charge is 2.35. The first-order valence-corrected chi connectivity index (χ1v) is 6.11. The zero-order valence-electron chi connectivity index (χ0n) is 10.1. The monoisotopic (exact) mass is 279 g/mol. The fourth-order valence-corrected chi connectivity index (χ4v) is 2.34. The summed E-state index contributed by atoms with van der Waals surface area (Å²) in [6, 6.07) is 2.37. The van der Waals surface area contributed by atoms with Crippen molar-refractivity contribution >= 4 is 0 Å². The molecule has 1 atom stereocenters. The van der Waals surface area contributed by atoms with E-state index in [2.05, 4.69) is 5.32 Å². The molecule has 0 aromatic heterocycles. The molecule has 1 N–H and O–H groups in total. The summed E-state index contributed by atoms with van der Waals surface area (Å²) in [6.45, 7) is 1.30. The van der Waals surface area contributed by atoms with Gasteiger partial charge in [-0.15, -0.1) is 0 Å². The summed E-state index contributed by atoms with van der Waals surface area (Å²) in [5, 5.41) is 3.06. The fraction of sp³-hybridized carbons (Fsp3) is 0.538. The SMILES string of the molecule is Fc1ccc(C(F)C2CCNCC2)cc1C(F)(F)F. The normalized spacial score (nSPS) is 19.4. The Morgan fingerprint density at radius 2 is 1.79 bits per heavy atom.